The summed E-state index contributed by atoms with van der Waals surface area (Å²) in [6, 6.07) is 15.0. The molecule has 0 bridgehead atoms. The van der Waals surface area contributed by atoms with E-state index in [0.717, 1.165) is 16.3 Å². The minimum atomic E-state index is -0.857. The molecule has 2 aromatic carbocycles. The highest BCUT2D eigenvalue weighted by molar-refractivity contribution is 5.85. The number of esters is 3. The monoisotopic (exact) mass is 608 g/mol. The number of cyclic esters (lactones) is 1. The number of ether oxygens (including phenoxy) is 6. The Labute approximate surface area is 257 Å². The van der Waals surface area contributed by atoms with Crippen LogP contribution in [0.1, 0.15) is 39.0 Å². The lowest BCUT2D eigenvalue weighted by Crippen LogP contribution is -2.44. The van der Waals surface area contributed by atoms with E-state index in [1.54, 1.807) is 33.0 Å². The summed E-state index contributed by atoms with van der Waals surface area (Å²) in [5, 5.41) is 5.35. The van der Waals surface area contributed by atoms with Gasteiger partial charge >= 0.3 is 17.9 Å². The van der Waals surface area contributed by atoms with Gasteiger partial charge in [-0.3, -0.25) is 24.7 Å². The van der Waals surface area contributed by atoms with E-state index in [1.165, 1.54) is 14.0 Å². The molecule has 1 aromatic heterocycles. The number of pyridine rings is 1. The van der Waals surface area contributed by atoms with Gasteiger partial charge in [0.05, 0.1) is 26.2 Å². The van der Waals surface area contributed by atoms with Gasteiger partial charge in [-0.2, -0.15) is 0 Å². The van der Waals surface area contributed by atoms with Gasteiger partial charge in [-0.15, -0.1) is 0 Å². The third-order valence-corrected chi connectivity index (χ3v) is 7.36. The van der Waals surface area contributed by atoms with Crippen molar-refractivity contribution in [3.8, 4) is 11.5 Å². The topological polar surface area (TPSA) is 132 Å². The number of nitrogens with one attached hydrogen (secondary N) is 1. The maximum atomic E-state index is 13.4. The van der Waals surface area contributed by atoms with E-state index in [9.17, 15) is 14.4 Å². The molecule has 1 aliphatic heterocycles. The molecule has 0 radical (unpaired) electrons. The molecule has 4 atom stereocenters. The number of methoxy groups -OCH3 is 1. The highest BCUT2D eigenvalue weighted by atomic mass is 16.7. The van der Waals surface area contributed by atoms with E-state index < -0.39 is 30.2 Å². The SMILES string of the molecule is COc1ccnc(CN[C@H]2COCC(Cc3cccc4ccccc34)C(OC(=O)C(C)C)[C@H](C)OC2=O)c1OCOC(C)=O. The lowest BCUT2D eigenvalue weighted by Gasteiger charge is -2.31. The fourth-order valence-electron chi connectivity index (χ4n) is 5.05. The second kappa shape index (κ2) is 15.5. The fraction of sp³-hybridized carbons (Fsp3) is 0.455. The first kappa shape index (κ1) is 32.7. The summed E-state index contributed by atoms with van der Waals surface area (Å²) in [4.78, 5) is 41.7. The molecule has 0 amide bonds. The zero-order valence-corrected chi connectivity index (χ0v) is 25.7. The summed E-state index contributed by atoms with van der Waals surface area (Å²) in [6.07, 6.45) is 0.621. The van der Waals surface area contributed by atoms with Gasteiger partial charge in [0, 0.05) is 31.6 Å². The molecule has 4 rings (SSSR count). The number of hydrogen-bond donors (Lipinski definition) is 1. The van der Waals surface area contributed by atoms with Crippen molar-refractivity contribution in [1.29, 1.82) is 0 Å². The van der Waals surface area contributed by atoms with Crippen molar-refractivity contribution in [3.63, 3.8) is 0 Å². The Morgan fingerprint density at radius 1 is 1.09 bits per heavy atom. The van der Waals surface area contributed by atoms with Crippen LogP contribution in [0, 0.1) is 11.8 Å². The van der Waals surface area contributed by atoms with Gasteiger partial charge in [0.2, 0.25) is 6.79 Å². The molecular weight excluding hydrogens is 568 g/mol. The third-order valence-electron chi connectivity index (χ3n) is 7.36. The van der Waals surface area contributed by atoms with Crippen molar-refractivity contribution in [2.75, 3.05) is 27.1 Å². The molecule has 236 valence electrons. The minimum absolute atomic E-state index is 0.00996. The van der Waals surface area contributed by atoms with Gasteiger partial charge in [0.15, 0.2) is 11.5 Å². The molecule has 11 nitrogen and oxygen atoms in total. The van der Waals surface area contributed by atoms with Crippen molar-refractivity contribution in [2.45, 2.75) is 58.9 Å². The van der Waals surface area contributed by atoms with Crippen LogP contribution < -0.4 is 14.8 Å². The van der Waals surface area contributed by atoms with Crippen LogP contribution in [0.3, 0.4) is 0 Å². The second-order valence-corrected chi connectivity index (χ2v) is 11.0. The Morgan fingerprint density at radius 2 is 1.86 bits per heavy atom. The Bertz CT molecular complexity index is 1440. The van der Waals surface area contributed by atoms with Crippen LogP contribution >= 0.6 is 0 Å². The molecule has 11 heteroatoms. The first-order chi connectivity index (χ1) is 21.2. The first-order valence-electron chi connectivity index (χ1n) is 14.6. The molecule has 1 saturated heterocycles. The first-order valence-corrected chi connectivity index (χ1v) is 14.6. The van der Waals surface area contributed by atoms with Crippen LogP contribution in [0.5, 0.6) is 11.5 Å². The lowest BCUT2D eigenvalue weighted by molar-refractivity contribution is -0.173. The number of fused-ring (bicyclic) bond motifs is 1. The highest BCUT2D eigenvalue weighted by Crippen LogP contribution is 2.30. The second-order valence-electron chi connectivity index (χ2n) is 11.0. The predicted octanol–water partition coefficient (Wildman–Crippen LogP) is 3.99. The van der Waals surface area contributed by atoms with E-state index >= 15 is 0 Å². The molecule has 1 N–H and O–H groups in total. The van der Waals surface area contributed by atoms with Gasteiger partial charge < -0.3 is 28.4 Å². The van der Waals surface area contributed by atoms with Gasteiger partial charge in [-0.25, -0.2) is 0 Å². The van der Waals surface area contributed by atoms with Crippen molar-refractivity contribution in [3.05, 3.63) is 66.0 Å². The van der Waals surface area contributed by atoms with Crippen LogP contribution in [0.2, 0.25) is 0 Å². The van der Waals surface area contributed by atoms with Crippen LogP contribution in [0.25, 0.3) is 10.8 Å². The lowest BCUT2D eigenvalue weighted by atomic mass is 9.89. The number of hydrogen-bond acceptors (Lipinski definition) is 11. The van der Waals surface area contributed by atoms with Crippen LogP contribution in [0.4, 0.5) is 0 Å². The van der Waals surface area contributed by atoms with E-state index in [0.29, 0.717) is 17.9 Å². The summed E-state index contributed by atoms with van der Waals surface area (Å²) >= 11 is 0. The zero-order chi connectivity index (χ0) is 31.6. The summed E-state index contributed by atoms with van der Waals surface area (Å²) < 4.78 is 33.9. The molecule has 0 saturated carbocycles. The quantitative estimate of drug-likeness (QED) is 0.193. The Balaban J connectivity index is 1.54. The van der Waals surface area contributed by atoms with Crippen LogP contribution in [0.15, 0.2) is 54.7 Å². The number of carbonyl (C=O) groups excluding carboxylic acids is 3. The van der Waals surface area contributed by atoms with E-state index in [-0.39, 0.29) is 50.1 Å². The average Bonchev–Trinajstić information content (AvgIpc) is 3.05. The Hall–Kier alpha value is -4.22. The molecular formula is C33H40N2O9. The predicted molar refractivity (Wildman–Crippen MR) is 161 cm³/mol. The molecule has 0 aliphatic carbocycles. The molecule has 3 aromatic rings. The molecule has 2 heterocycles. The Morgan fingerprint density at radius 3 is 2.61 bits per heavy atom. The minimum Gasteiger partial charge on any atom is -0.493 e. The molecule has 2 unspecified atom stereocenters. The van der Waals surface area contributed by atoms with Gasteiger partial charge in [0.25, 0.3) is 0 Å². The summed E-state index contributed by atoms with van der Waals surface area (Å²) in [7, 11) is 1.48. The number of rotatable bonds is 11. The summed E-state index contributed by atoms with van der Waals surface area (Å²) in [5.41, 5.74) is 1.51. The van der Waals surface area contributed by atoms with Crippen LogP contribution in [-0.2, 0) is 46.3 Å². The maximum absolute atomic E-state index is 13.4. The van der Waals surface area contributed by atoms with Gasteiger partial charge in [-0.05, 0) is 29.7 Å². The Kier molecular flexibility index (Phi) is 11.5. The molecule has 1 aliphatic rings. The highest BCUT2D eigenvalue weighted by Gasteiger charge is 2.37. The number of carbonyl (C=O) groups is 3. The van der Waals surface area contributed by atoms with Crippen molar-refractivity contribution in [1.82, 2.24) is 10.3 Å². The maximum Gasteiger partial charge on any atom is 0.325 e. The van der Waals surface area contributed by atoms with Gasteiger partial charge in [0.1, 0.15) is 23.9 Å². The number of aromatic nitrogens is 1. The largest absolute Gasteiger partial charge is 0.493 e. The van der Waals surface area contributed by atoms with Crippen LogP contribution in [-0.4, -0.2) is 68.3 Å². The van der Waals surface area contributed by atoms with Crippen molar-refractivity contribution >= 4 is 28.7 Å². The molecule has 1 fully saturated rings. The fourth-order valence-corrected chi connectivity index (χ4v) is 5.05. The molecule has 44 heavy (non-hydrogen) atoms. The normalized spacial score (nSPS) is 20.6. The average molecular weight is 609 g/mol. The third kappa shape index (κ3) is 8.45. The van der Waals surface area contributed by atoms with Crippen molar-refractivity contribution in [2.24, 2.45) is 11.8 Å². The summed E-state index contributed by atoms with van der Waals surface area (Å²) in [5.74, 6) is -1.41. The summed E-state index contributed by atoms with van der Waals surface area (Å²) in [6.45, 7) is 6.54. The van der Waals surface area contributed by atoms with E-state index in [1.807, 2.05) is 18.2 Å². The standard InChI is InChI=1S/C33H40N2O9/c1-20(2)32(37)44-30-21(3)43-33(38)28(35-16-27-31(42-19-41-22(4)36)29(39-5)13-14-34-27)18-40-17-25(30)15-24-11-8-10-23-9-6-7-12-26(23)24/h6-14,20-21,25,28,30,35H,15-19H2,1-5H3/t21-,25?,28-,30?/m0/s1. The van der Waals surface area contributed by atoms with Crippen molar-refractivity contribution < 1.29 is 42.8 Å². The number of nitrogens with zero attached hydrogens (tertiary/aromatic N) is 1. The number of benzene rings is 2. The zero-order valence-electron chi connectivity index (χ0n) is 25.7. The van der Waals surface area contributed by atoms with Gasteiger partial charge in [-0.1, -0.05) is 56.3 Å². The van der Waals surface area contributed by atoms with E-state index in [4.69, 9.17) is 28.4 Å². The molecule has 0 spiro atoms. The smallest absolute Gasteiger partial charge is 0.325 e. The van der Waals surface area contributed by atoms with E-state index in [2.05, 4.69) is 34.6 Å².